The molecule has 1 saturated heterocycles. The highest BCUT2D eigenvalue weighted by Gasteiger charge is 2.37. The molecule has 1 aromatic heterocycles. The van der Waals surface area contributed by atoms with Crippen molar-refractivity contribution in [1.29, 1.82) is 0 Å². The van der Waals surface area contributed by atoms with Crippen LogP contribution in [0.25, 0.3) is 0 Å². The largest absolute Gasteiger partial charge is 0.343 e. The predicted molar refractivity (Wildman–Crippen MR) is 73.7 cm³/mol. The number of piperazine rings is 1. The summed E-state index contributed by atoms with van der Waals surface area (Å²) >= 11 is 1.56. The molecular weight excluding hydrogens is 262 g/mol. The third kappa shape index (κ3) is 2.94. The zero-order valence-electron chi connectivity index (χ0n) is 11.5. The molecule has 0 spiro atoms. The molecule has 19 heavy (non-hydrogen) atoms. The molecule has 1 fully saturated rings. The van der Waals surface area contributed by atoms with Crippen LogP contribution < -0.4 is 5.32 Å². The molecule has 1 N–H and O–H groups in total. The average Bonchev–Trinajstić information content (AvgIpc) is 2.77. The molecule has 0 bridgehead atoms. The molecule has 5 nitrogen and oxygen atoms in total. The maximum absolute atomic E-state index is 12.4. The van der Waals surface area contributed by atoms with E-state index in [9.17, 15) is 9.59 Å². The Balaban J connectivity index is 2.15. The van der Waals surface area contributed by atoms with E-state index >= 15 is 0 Å². The van der Waals surface area contributed by atoms with Gasteiger partial charge in [-0.05, 0) is 20.3 Å². The summed E-state index contributed by atoms with van der Waals surface area (Å²) in [5.41, 5.74) is 0. The molecule has 1 aliphatic heterocycles. The first-order valence-corrected chi connectivity index (χ1v) is 7.36. The van der Waals surface area contributed by atoms with Gasteiger partial charge < -0.3 is 10.2 Å². The van der Waals surface area contributed by atoms with Crippen molar-refractivity contribution in [3.05, 3.63) is 16.1 Å². The van der Waals surface area contributed by atoms with Gasteiger partial charge in [-0.1, -0.05) is 13.3 Å². The Hall–Kier alpha value is -1.43. The minimum Gasteiger partial charge on any atom is -0.343 e. The Morgan fingerprint density at radius 1 is 1.47 bits per heavy atom. The van der Waals surface area contributed by atoms with Crippen LogP contribution in [0.15, 0.2) is 6.20 Å². The Kier molecular flexibility index (Phi) is 4.19. The van der Waals surface area contributed by atoms with Crippen LogP contribution in [-0.4, -0.2) is 33.8 Å². The molecule has 104 valence electrons. The first kappa shape index (κ1) is 14.0. The summed E-state index contributed by atoms with van der Waals surface area (Å²) in [6.07, 6.45) is 3.34. The number of nitrogens with zero attached hydrogens (tertiary/aromatic N) is 2. The third-order valence-electron chi connectivity index (χ3n) is 3.32. The van der Waals surface area contributed by atoms with Gasteiger partial charge >= 0.3 is 0 Å². The Labute approximate surface area is 117 Å². The second kappa shape index (κ2) is 5.69. The van der Waals surface area contributed by atoms with Crippen molar-refractivity contribution in [3.63, 3.8) is 0 Å². The average molecular weight is 281 g/mol. The topological polar surface area (TPSA) is 62.3 Å². The van der Waals surface area contributed by atoms with Crippen LogP contribution in [0, 0.1) is 6.92 Å². The lowest BCUT2D eigenvalue weighted by molar-refractivity contribution is -0.149. The van der Waals surface area contributed by atoms with Crippen LogP contribution in [-0.2, 0) is 16.1 Å². The lowest BCUT2D eigenvalue weighted by Crippen LogP contribution is -2.61. The number of amides is 2. The van der Waals surface area contributed by atoms with Gasteiger partial charge in [-0.3, -0.25) is 9.59 Å². The summed E-state index contributed by atoms with van der Waals surface area (Å²) in [6, 6.07) is -0.786. The maximum Gasteiger partial charge on any atom is 0.246 e. The smallest absolute Gasteiger partial charge is 0.246 e. The van der Waals surface area contributed by atoms with Gasteiger partial charge in [-0.2, -0.15) is 0 Å². The van der Waals surface area contributed by atoms with Crippen molar-refractivity contribution in [3.8, 4) is 0 Å². The van der Waals surface area contributed by atoms with Crippen LogP contribution >= 0.6 is 11.3 Å². The fraction of sp³-hybridized carbons (Fsp3) is 0.615. The lowest BCUT2D eigenvalue weighted by atomic mass is 10.0. The van der Waals surface area contributed by atoms with Gasteiger partial charge in [0.1, 0.15) is 12.1 Å². The molecule has 0 radical (unpaired) electrons. The highest BCUT2D eigenvalue weighted by atomic mass is 32.1. The molecule has 0 aromatic carbocycles. The van der Waals surface area contributed by atoms with E-state index in [4.69, 9.17) is 0 Å². The van der Waals surface area contributed by atoms with E-state index in [1.807, 2.05) is 13.8 Å². The predicted octanol–water partition coefficient (Wildman–Crippen LogP) is 1.47. The molecule has 1 aromatic rings. The van der Waals surface area contributed by atoms with E-state index in [2.05, 4.69) is 10.3 Å². The van der Waals surface area contributed by atoms with Crippen molar-refractivity contribution < 1.29 is 9.59 Å². The van der Waals surface area contributed by atoms with Gasteiger partial charge in [0.05, 0.1) is 11.6 Å². The summed E-state index contributed by atoms with van der Waals surface area (Å²) in [5.74, 6) is -0.0562. The number of hydrogen-bond donors (Lipinski definition) is 1. The second-order valence-electron chi connectivity index (χ2n) is 4.84. The number of hydrogen-bond acceptors (Lipinski definition) is 4. The highest BCUT2D eigenvalue weighted by Crippen LogP contribution is 2.20. The number of aromatic nitrogens is 1. The lowest BCUT2D eigenvalue weighted by Gasteiger charge is -2.37. The quantitative estimate of drug-likeness (QED) is 0.909. The molecule has 2 rings (SSSR count). The monoisotopic (exact) mass is 281 g/mol. The van der Waals surface area contributed by atoms with Gasteiger partial charge in [0.2, 0.25) is 11.8 Å². The molecule has 2 amide bonds. The Bertz CT molecular complexity index is 486. The first-order chi connectivity index (χ1) is 9.02. The number of thiazole rings is 1. The summed E-state index contributed by atoms with van der Waals surface area (Å²) in [6.45, 7) is 6.18. The van der Waals surface area contributed by atoms with Crippen molar-refractivity contribution >= 4 is 23.2 Å². The van der Waals surface area contributed by atoms with Crippen LogP contribution in [0.1, 0.15) is 36.6 Å². The molecule has 2 heterocycles. The minimum absolute atomic E-state index is 0.0139. The summed E-state index contributed by atoms with van der Waals surface area (Å²) in [5, 5.41) is 3.77. The van der Waals surface area contributed by atoms with Crippen molar-refractivity contribution in [1.82, 2.24) is 15.2 Å². The fourth-order valence-corrected chi connectivity index (χ4v) is 3.03. The summed E-state index contributed by atoms with van der Waals surface area (Å²) in [7, 11) is 0. The molecule has 2 atom stereocenters. The molecule has 1 aliphatic rings. The third-order valence-corrected chi connectivity index (χ3v) is 4.21. The highest BCUT2D eigenvalue weighted by molar-refractivity contribution is 7.11. The van der Waals surface area contributed by atoms with Crippen molar-refractivity contribution in [2.24, 2.45) is 0 Å². The number of carbonyl (C=O) groups is 2. The van der Waals surface area contributed by atoms with Crippen LogP contribution in [0.3, 0.4) is 0 Å². The molecule has 2 unspecified atom stereocenters. The van der Waals surface area contributed by atoms with Gasteiger partial charge in [-0.15, -0.1) is 11.3 Å². The molecule has 0 aliphatic carbocycles. The Morgan fingerprint density at radius 3 is 2.79 bits per heavy atom. The number of rotatable bonds is 4. The maximum atomic E-state index is 12.4. The van der Waals surface area contributed by atoms with E-state index < -0.39 is 6.04 Å². The van der Waals surface area contributed by atoms with E-state index in [1.165, 1.54) is 0 Å². The first-order valence-electron chi connectivity index (χ1n) is 6.55. The zero-order valence-corrected chi connectivity index (χ0v) is 12.3. The Morgan fingerprint density at radius 2 is 2.21 bits per heavy atom. The summed E-state index contributed by atoms with van der Waals surface area (Å²) in [4.78, 5) is 31.2. The van der Waals surface area contributed by atoms with Crippen molar-refractivity contribution in [2.75, 3.05) is 0 Å². The van der Waals surface area contributed by atoms with Crippen LogP contribution in [0.2, 0.25) is 0 Å². The minimum atomic E-state index is -0.414. The summed E-state index contributed by atoms with van der Waals surface area (Å²) < 4.78 is 0. The molecule has 6 heteroatoms. The van der Waals surface area contributed by atoms with Gasteiger partial charge in [-0.25, -0.2) is 4.98 Å². The van der Waals surface area contributed by atoms with E-state index in [0.29, 0.717) is 13.0 Å². The van der Waals surface area contributed by atoms with Gasteiger partial charge in [0.25, 0.3) is 0 Å². The number of nitrogens with one attached hydrogen (secondary N) is 1. The van der Waals surface area contributed by atoms with E-state index in [0.717, 1.165) is 16.3 Å². The normalized spacial score (nSPS) is 23.6. The number of aryl methyl sites for hydroxylation is 1. The van der Waals surface area contributed by atoms with Crippen LogP contribution in [0.4, 0.5) is 0 Å². The number of carbonyl (C=O) groups excluding carboxylic acids is 2. The van der Waals surface area contributed by atoms with E-state index in [-0.39, 0.29) is 17.9 Å². The van der Waals surface area contributed by atoms with Gasteiger partial charge in [0, 0.05) is 11.1 Å². The second-order valence-corrected chi connectivity index (χ2v) is 6.16. The van der Waals surface area contributed by atoms with Crippen LogP contribution in [0.5, 0.6) is 0 Å². The fourth-order valence-electron chi connectivity index (χ4n) is 2.23. The van der Waals surface area contributed by atoms with E-state index in [1.54, 1.807) is 29.4 Å². The molecular formula is C13H19N3O2S. The van der Waals surface area contributed by atoms with Gasteiger partial charge in [0.15, 0.2) is 0 Å². The van der Waals surface area contributed by atoms with Crippen molar-refractivity contribution in [2.45, 2.75) is 52.2 Å². The SMILES string of the molecule is CCCC1NC(=O)C(C)N(Cc2cnc(C)s2)C1=O. The zero-order chi connectivity index (χ0) is 14.0. The molecule has 0 saturated carbocycles. The standard InChI is InChI=1S/C13H19N3O2S/c1-4-5-11-13(18)16(8(2)12(17)15-11)7-10-6-14-9(3)19-10/h6,8,11H,4-5,7H2,1-3H3,(H,15,17).